The van der Waals surface area contributed by atoms with Crippen LogP contribution < -0.4 is 4.74 Å². The number of halogens is 1. The maximum absolute atomic E-state index is 13.2. The molecular weight excluding hydrogens is 352 g/mol. The third-order valence-electron chi connectivity index (χ3n) is 6.02. The molecule has 2 amide bonds. The molecule has 1 aromatic rings. The van der Waals surface area contributed by atoms with Crippen LogP contribution in [0, 0.1) is 5.41 Å². The average Bonchev–Trinajstić information content (AvgIpc) is 3.48. The number of likely N-dealkylation sites (tertiary alicyclic amines) is 2. The molecule has 1 atom stereocenters. The molecule has 1 spiro atoms. The van der Waals surface area contributed by atoms with Crippen molar-refractivity contribution in [1.82, 2.24) is 9.80 Å². The lowest BCUT2D eigenvalue weighted by Gasteiger charge is -2.48. The predicted octanol–water partition coefficient (Wildman–Crippen LogP) is 3.36. The maximum atomic E-state index is 13.2. The van der Waals surface area contributed by atoms with Crippen LogP contribution in [0.25, 0.3) is 0 Å². The molecule has 0 unspecified atom stereocenters. The number of carbonyl (C=O) groups is 2. The van der Waals surface area contributed by atoms with Crippen molar-refractivity contribution >= 4 is 23.4 Å². The van der Waals surface area contributed by atoms with Crippen molar-refractivity contribution in [2.45, 2.75) is 44.6 Å². The number of hydrogen-bond donors (Lipinski definition) is 0. The first kappa shape index (κ1) is 17.7. The van der Waals surface area contributed by atoms with Crippen LogP contribution in [-0.2, 0) is 4.79 Å². The number of hydrogen-bond acceptors (Lipinski definition) is 3. The lowest BCUT2D eigenvalue weighted by atomic mass is 9.73. The zero-order chi connectivity index (χ0) is 18.3. The highest BCUT2D eigenvalue weighted by Crippen LogP contribution is 2.42. The Labute approximate surface area is 159 Å². The summed E-state index contributed by atoms with van der Waals surface area (Å²) in [6.07, 6.45) is 5.81. The number of amides is 2. The molecule has 2 heterocycles. The molecule has 0 aromatic heterocycles. The minimum atomic E-state index is -0.0294. The van der Waals surface area contributed by atoms with Crippen molar-refractivity contribution in [3.05, 3.63) is 28.8 Å². The Morgan fingerprint density at radius 2 is 2.08 bits per heavy atom. The summed E-state index contributed by atoms with van der Waals surface area (Å²) in [4.78, 5) is 29.4. The van der Waals surface area contributed by atoms with Gasteiger partial charge in [0.05, 0.1) is 12.7 Å². The summed E-state index contributed by atoms with van der Waals surface area (Å²) in [5.74, 6) is 0.814. The van der Waals surface area contributed by atoms with E-state index >= 15 is 0 Å². The Hall–Kier alpha value is -1.75. The van der Waals surface area contributed by atoms with E-state index in [1.165, 1.54) is 0 Å². The Morgan fingerprint density at radius 1 is 1.27 bits per heavy atom. The second kappa shape index (κ2) is 6.76. The van der Waals surface area contributed by atoms with Gasteiger partial charge < -0.3 is 14.5 Å². The monoisotopic (exact) mass is 376 g/mol. The zero-order valence-corrected chi connectivity index (χ0v) is 15.9. The smallest absolute Gasteiger partial charge is 0.257 e. The first-order valence-corrected chi connectivity index (χ1v) is 9.81. The van der Waals surface area contributed by atoms with E-state index in [2.05, 4.69) is 4.90 Å². The number of benzene rings is 1. The molecule has 3 fully saturated rings. The van der Waals surface area contributed by atoms with E-state index in [4.69, 9.17) is 16.3 Å². The van der Waals surface area contributed by atoms with Gasteiger partial charge in [-0.15, -0.1) is 0 Å². The van der Waals surface area contributed by atoms with Gasteiger partial charge in [-0.05, 0) is 50.3 Å². The number of carbonyl (C=O) groups excluding carboxylic acids is 2. The molecule has 3 aliphatic rings. The molecule has 4 rings (SSSR count). The van der Waals surface area contributed by atoms with E-state index < -0.39 is 0 Å². The fourth-order valence-electron chi connectivity index (χ4n) is 4.50. The van der Waals surface area contributed by atoms with Crippen LogP contribution >= 0.6 is 11.6 Å². The van der Waals surface area contributed by atoms with Gasteiger partial charge in [-0.2, -0.15) is 0 Å². The molecule has 1 aromatic carbocycles. The van der Waals surface area contributed by atoms with Crippen LogP contribution in [0.1, 0.15) is 48.9 Å². The molecule has 1 aliphatic carbocycles. The SMILES string of the molecule is COc1ccc(Cl)cc1C(=O)N1CCC[C@]2(CCC(=O)N(C3CC3)C2)C1. The summed E-state index contributed by atoms with van der Waals surface area (Å²) in [6.45, 7) is 2.25. The topological polar surface area (TPSA) is 49.9 Å². The third-order valence-corrected chi connectivity index (χ3v) is 6.26. The largest absolute Gasteiger partial charge is 0.496 e. The van der Waals surface area contributed by atoms with Crippen molar-refractivity contribution in [3.8, 4) is 5.75 Å². The molecule has 1 saturated carbocycles. The van der Waals surface area contributed by atoms with E-state index in [0.29, 0.717) is 35.3 Å². The molecule has 26 heavy (non-hydrogen) atoms. The van der Waals surface area contributed by atoms with Crippen LogP contribution in [0.3, 0.4) is 0 Å². The van der Waals surface area contributed by atoms with Crippen LogP contribution in [-0.4, -0.2) is 54.4 Å². The van der Waals surface area contributed by atoms with Gasteiger partial charge in [0.25, 0.3) is 5.91 Å². The van der Waals surface area contributed by atoms with Crippen molar-refractivity contribution in [2.75, 3.05) is 26.7 Å². The van der Waals surface area contributed by atoms with Crippen LogP contribution in [0.4, 0.5) is 0 Å². The molecular formula is C20H25ClN2O3. The van der Waals surface area contributed by atoms with Gasteiger partial charge in [-0.1, -0.05) is 11.6 Å². The summed E-state index contributed by atoms with van der Waals surface area (Å²) < 4.78 is 5.36. The number of rotatable bonds is 3. The fraction of sp³-hybridized carbons (Fsp3) is 0.600. The Balaban J connectivity index is 1.54. The number of nitrogens with zero attached hydrogens (tertiary/aromatic N) is 2. The van der Waals surface area contributed by atoms with Crippen molar-refractivity contribution in [3.63, 3.8) is 0 Å². The number of ether oxygens (including phenoxy) is 1. The molecule has 6 heteroatoms. The highest BCUT2D eigenvalue weighted by atomic mass is 35.5. The van der Waals surface area contributed by atoms with E-state index in [1.54, 1.807) is 25.3 Å². The van der Waals surface area contributed by atoms with Gasteiger partial charge in [0.15, 0.2) is 0 Å². The summed E-state index contributed by atoms with van der Waals surface area (Å²) in [6, 6.07) is 5.60. The van der Waals surface area contributed by atoms with Gasteiger partial charge in [0.1, 0.15) is 5.75 Å². The standard InChI is InChI=1S/C20H25ClN2O3/c1-26-17-6-3-14(21)11-16(17)19(25)22-10-2-8-20(12-22)9-7-18(24)23(13-20)15-4-5-15/h3,6,11,15H,2,4-5,7-10,12-13H2,1H3/t20-/m0/s1. The highest BCUT2D eigenvalue weighted by Gasteiger charge is 2.46. The second-order valence-corrected chi connectivity index (χ2v) is 8.36. The lowest BCUT2D eigenvalue weighted by Crippen LogP contribution is -2.55. The summed E-state index contributed by atoms with van der Waals surface area (Å²) in [5, 5.41) is 0.532. The van der Waals surface area contributed by atoms with Crippen LogP contribution in [0.5, 0.6) is 5.75 Å². The zero-order valence-electron chi connectivity index (χ0n) is 15.2. The first-order chi connectivity index (χ1) is 12.5. The quantitative estimate of drug-likeness (QED) is 0.812. The van der Waals surface area contributed by atoms with E-state index in [0.717, 1.165) is 45.2 Å². The van der Waals surface area contributed by atoms with Crippen molar-refractivity contribution < 1.29 is 14.3 Å². The Kier molecular flexibility index (Phi) is 4.59. The molecule has 140 valence electrons. The summed E-state index contributed by atoms with van der Waals surface area (Å²) in [7, 11) is 1.57. The van der Waals surface area contributed by atoms with Gasteiger partial charge in [-0.3, -0.25) is 9.59 Å². The fourth-order valence-corrected chi connectivity index (χ4v) is 4.67. The number of piperidine rings is 2. The lowest BCUT2D eigenvalue weighted by molar-refractivity contribution is -0.139. The summed E-state index contributed by atoms with van der Waals surface area (Å²) in [5.41, 5.74) is 0.555. The van der Waals surface area contributed by atoms with Gasteiger partial charge in [-0.25, -0.2) is 0 Å². The minimum Gasteiger partial charge on any atom is -0.496 e. The maximum Gasteiger partial charge on any atom is 0.257 e. The average molecular weight is 377 g/mol. The molecule has 0 N–H and O–H groups in total. The van der Waals surface area contributed by atoms with Gasteiger partial charge in [0.2, 0.25) is 5.91 Å². The van der Waals surface area contributed by atoms with E-state index in [1.807, 2.05) is 4.90 Å². The van der Waals surface area contributed by atoms with Crippen LogP contribution in [0.15, 0.2) is 18.2 Å². The predicted molar refractivity (Wildman–Crippen MR) is 99.5 cm³/mol. The molecule has 2 aliphatic heterocycles. The van der Waals surface area contributed by atoms with Crippen LogP contribution in [0.2, 0.25) is 5.02 Å². The first-order valence-electron chi connectivity index (χ1n) is 9.44. The summed E-state index contributed by atoms with van der Waals surface area (Å²) >= 11 is 6.11. The molecule has 0 bridgehead atoms. The Bertz CT molecular complexity index is 734. The normalized spacial score (nSPS) is 26.3. The second-order valence-electron chi connectivity index (χ2n) is 7.93. The molecule has 2 saturated heterocycles. The molecule has 5 nitrogen and oxygen atoms in total. The molecule has 0 radical (unpaired) electrons. The van der Waals surface area contributed by atoms with E-state index in [9.17, 15) is 9.59 Å². The number of methoxy groups -OCH3 is 1. The highest BCUT2D eigenvalue weighted by molar-refractivity contribution is 6.31. The third kappa shape index (κ3) is 3.29. The van der Waals surface area contributed by atoms with Gasteiger partial charge in [0, 0.05) is 42.5 Å². The van der Waals surface area contributed by atoms with Crippen molar-refractivity contribution in [2.24, 2.45) is 5.41 Å². The Morgan fingerprint density at radius 3 is 2.81 bits per heavy atom. The van der Waals surface area contributed by atoms with Gasteiger partial charge >= 0.3 is 0 Å². The minimum absolute atomic E-state index is 0.0294. The van der Waals surface area contributed by atoms with E-state index in [-0.39, 0.29) is 17.2 Å². The van der Waals surface area contributed by atoms with Crippen molar-refractivity contribution in [1.29, 1.82) is 0 Å².